The minimum Gasteiger partial charge on any atom is -0.456 e. The van der Waals surface area contributed by atoms with Gasteiger partial charge in [0, 0.05) is 27.5 Å². The van der Waals surface area contributed by atoms with Gasteiger partial charge in [0.2, 0.25) is 0 Å². The molecule has 2 aromatic heterocycles. The molecule has 0 spiro atoms. The Morgan fingerprint density at radius 3 is 1.57 bits per heavy atom. The standard InChI is InChI=1S/C49H29N3O/c1-3-12-33-25-35(20-17-30(33)9-1)39-28-43(46-42-15-7-8-16-44(42)53-45(46)29-39)49-51-47(37-22-18-31-10-2-4-13-34(31)26-37)50-48(52-49)38-23-24-41-36(27-38)21-19-32-11-5-6-14-40(32)41/h1-29H. The number of furan rings is 1. The van der Waals surface area contributed by atoms with Crippen LogP contribution in [0.4, 0.5) is 0 Å². The third-order valence-electron chi connectivity index (χ3n) is 10.4. The maximum atomic E-state index is 6.55. The zero-order chi connectivity index (χ0) is 34.9. The normalized spacial score (nSPS) is 11.8. The van der Waals surface area contributed by atoms with Crippen molar-refractivity contribution in [2.24, 2.45) is 0 Å². The molecule has 0 saturated carbocycles. The Kier molecular flexibility index (Phi) is 6.52. The van der Waals surface area contributed by atoms with E-state index in [4.69, 9.17) is 19.4 Å². The molecule has 9 aromatic carbocycles. The fourth-order valence-corrected chi connectivity index (χ4v) is 7.80. The molecule has 4 nitrogen and oxygen atoms in total. The first-order chi connectivity index (χ1) is 26.2. The minimum absolute atomic E-state index is 0.593. The molecular formula is C49H29N3O. The van der Waals surface area contributed by atoms with Gasteiger partial charge in [-0.3, -0.25) is 0 Å². The van der Waals surface area contributed by atoms with Crippen LogP contribution in [0.5, 0.6) is 0 Å². The summed E-state index contributed by atoms with van der Waals surface area (Å²) < 4.78 is 6.55. The van der Waals surface area contributed by atoms with Crippen LogP contribution in [0.25, 0.3) is 110 Å². The largest absolute Gasteiger partial charge is 0.456 e. The number of benzene rings is 9. The summed E-state index contributed by atoms with van der Waals surface area (Å²) in [7, 11) is 0. The van der Waals surface area contributed by atoms with E-state index >= 15 is 0 Å². The molecule has 53 heavy (non-hydrogen) atoms. The summed E-state index contributed by atoms with van der Waals surface area (Å²) >= 11 is 0. The predicted octanol–water partition coefficient (Wildman–Crippen LogP) is 13.1. The minimum atomic E-state index is 0.593. The van der Waals surface area contributed by atoms with E-state index in [1.807, 2.05) is 12.1 Å². The van der Waals surface area contributed by atoms with Gasteiger partial charge in [-0.2, -0.15) is 0 Å². The van der Waals surface area contributed by atoms with Crippen LogP contribution in [0, 0.1) is 0 Å². The zero-order valence-electron chi connectivity index (χ0n) is 28.5. The first-order valence-electron chi connectivity index (χ1n) is 17.8. The van der Waals surface area contributed by atoms with Gasteiger partial charge in [0.05, 0.1) is 0 Å². The number of para-hydroxylation sites is 1. The van der Waals surface area contributed by atoms with E-state index in [1.165, 1.54) is 32.3 Å². The first-order valence-corrected chi connectivity index (χ1v) is 17.8. The number of nitrogens with zero attached hydrogens (tertiary/aromatic N) is 3. The summed E-state index contributed by atoms with van der Waals surface area (Å²) in [6.45, 7) is 0. The lowest BCUT2D eigenvalue weighted by atomic mass is 9.96. The van der Waals surface area contributed by atoms with Gasteiger partial charge in [-0.1, -0.05) is 140 Å². The summed E-state index contributed by atoms with van der Waals surface area (Å²) in [6, 6.07) is 61.8. The predicted molar refractivity (Wildman–Crippen MR) is 219 cm³/mol. The average molecular weight is 676 g/mol. The van der Waals surface area contributed by atoms with E-state index in [2.05, 4.69) is 164 Å². The maximum Gasteiger partial charge on any atom is 0.164 e. The monoisotopic (exact) mass is 675 g/mol. The van der Waals surface area contributed by atoms with E-state index in [-0.39, 0.29) is 0 Å². The van der Waals surface area contributed by atoms with Crippen molar-refractivity contribution in [1.82, 2.24) is 15.0 Å². The highest BCUT2D eigenvalue weighted by Crippen LogP contribution is 2.41. The molecule has 0 aliphatic carbocycles. The molecule has 0 saturated heterocycles. The Bertz CT molecular complexity index is 3250. The molecule has 0 aliphatic heterocycles. The fraction of sp³-hybridized carbons (Fsp3) is 0. The van der Waals surface area contributed by atoms with Crippen molar-refractivity contribution < 1.29 is 4.42 Å². The van der Waals surface area contributed by atoms with Crippen LogP contribution in [0.1, 0.15) is 0 Å². The van der Waals surface area contributed by atoms with Gasteiger partial charge in [-0.05, 0) is 90.6 Å². The molecule has 246 valence electrons. The van der Waals surface area contributed by atoms with Gasteiger partial charge in [-0.25, -0.2) is 15.0 Å². The topological polar surface area (TPSA) is 51.8 Å². The Hall–Kier alpha value is -7.17. The fourth-order valence-electron chi connectivity index (χ4n) is 7.80. The van der Waals surface area contributed by atoms with Crippen LogP contribution < -0.4 is 0 Å². The molecule has 2 heterocycles. The molecule has 0 atom stereocenters. The molecule has 0 unspecified atom stereocenters. The van der Waals surface area contributed by atoms with Crippen LogP contribution >= 0.6 is 0 Å². The van der Waals surface area contributed by atoms with Gasteiger partial charge < -0.3 is 4.42 Å². The number of hydrogen-bond acceptors (Lipinski definition) is 4. The smallest absolute Gasteiger partial charge is 0.164 e. The molecule has 0 bridgehead atoms. The lowest BCUT2D eigenvalue weighted by Crippen LogP contribution is -2.01. The number of hydrogen-bond donors (Lipinski definition) is 0. The summed E-state index contributed by atoms with van der Waals surface area (Å²) in [5.74, 6) is 1.83. The Morgan fingerprint density at radius 1 is 0.302 bits per heavy atom. The Morgan fingerprint density at radius 2 is 0.811 bits per heavy atom. The van der Waals surface area contributed by atoms with Gasteiger partial charge in [-0.15, -0.1) is 0 Å². The Balaban J connectivity index is 1.18. The van der Waals surface area contributed by atoms with Crippen LogP contribution in [0.15, 0.2) is 180 Å². The van der Waals surface area contributed by atoms with Crippen molar-refractivity contribution in [3.8, 4) is 45.3 Å². The second kappa shape index (κ2) is 11.7. The van der Waals surface area contributed by atoms with Crippen LogP contribution in [0.2, 0.25) is 0 Å². The third-order valence-corrected chi connectivity index (χ3v) is 10.4. The van der Waals surface area contributed by atoms with E-state index in [0.29, 0.717) is 17.5 Å². The lowest BCUT2D eigenvalue weighted by Gasteiger charge is -2.12. The van der Waals surface area contributed by atoms with Crippen molar-refractivity contribution in [2.45, 2.75) is 0 Å². The van der Waals surface area contributed by atoms with Crippen molar-refractivity contribution in [2.75, 3.05) is 0 Å². The highest BCUT2D eigenvalue weighted by molar-refractivity contribution is 6.13. The molecule has 0 radical (unpaired) electrons. The molecular weight excluding hydrogens is 647 g/mol. The summed E-state index contributed by atoms with van der Waals surface area (Å²) in [6.07, 6.45) is 0. The molecule has 0 N–H and O–H groups in total. The average Bonchev–Trinajstić information content (AvgIpc) is 3.61. The molecule has 11 rings (SSSR count). The summed E-state index contributed by atoms with van der Waals surface area (Å²) in [4.78, 5) is 15.7. The van der Waals surface area contributed by atoms with E-state index in [9.17, 15) is 0 Å². The molecule has 0 fully saturated rings. The molecule has 0 aliphatic rings. The Labute approximate surface area is 304 Å². The molecule has 11 aromatic rings. The lowest BCUT2D eigenvalue weighted by molar-refractivity contribution is 0.669. The van der Waals surface area contributed by atoms with Crippen molar-refractivity contribution in [3.63, 3.8) is 0 Å². The molecule has 4 heteroatoms. The first kappa shape index (κ1) is 29.5. The van der Waals surface area contributed by atoms with Gasteiger partial charge in [0.25, 0.3) is 0 Å². The highest BCUT2D eigenvalue weighted by Gasteiger charge is 2.20. The molecule has 0 amide bonds. The SMILES string of the molecule is c1ccc2cc(-c3cc(-c4nc(-c5ccc6ccccc6c5)nc(-c5ccc6c(ccc7ccccc76)c5)n4)c4c(c3)oc3ccccc34)ccc2c1. The summed E-state index contributed by atoms with van der Waals surface area (Å²) in [5.41, 5.74) is 6.50. The van der Waals surface area contributed by atoms with Crippen LogP contribution in [-0.4, -0.2) is 15.0 Å². The number of aromatic nitrogens is 3. The van der Waals surface area contributed by atoms with E-state index < -0.39 is 0 Å². The van der Waals surface area contributed by atoms with Crippen LogP contribution in [0.3, 0.4) is 0 Å². The van der Waals surface area contributed by atoms with E-state index in [1.54, 1.807) is 0 Å². The van der Waals surface area contributed by atoms with Crippen molar-refractivity contribution >= 4 is 65.0 Å². The van der Waals surface area contributed by atoms with Gasteiger partial charge >= 0.3 is 0 Å². The number of fused-ring (bicyclic) bond motifs is 8. The summed E-state index contributed by atoms with van der Waals surface area (Å²) in [5, 5.41) is 11.5. The van der Waals surface area contributed by atoms with Crippen molar-refractivity contribution in [3.05, 3.63) is 176 Å². The third kappa shape index (κ3) is 4.95. The zero-order valence-corrected chi connectivity index (χ0v) is 28.5. The number of rotatable bonds is 4. The quantitative estimate of drug-likeness (QED) is 0.174. The van der Waals surface area contributed by atoms with Crippen LogP contribution in [-0.2, 0) is 0 Å². The second-order valence-electron chi connectivity index (χ2n) is 13.6. The van der Waals surface area contributed by atoms with Gasteiger partial charge in [0.1, 0.15) is 11.2 Å². The van der Waals surface area contributed by atoms with Gasteiger partial charge in [0.15, 0.2) is 17.5 Å². The maximum absolute atomic E-state index is 6.55. The van der Waals surface area contributed by atoms with Crippen molar-refractivity contribution in [1.29, 1.82) is 0 Å². The highest BCUT2D eigenvalue weighted by atomic mass is 16.3. The van der Waals surface area contributed by atoms with E-state index in [0.717, 1.165) is 60.5 Å². The second-order valence-corrected chi connectivity index (χ2v) is 13.6.